The van der Waals surface area contributed by atoms with Crippen molar-refractivity contribution in [1.82, 2.24) is 0 Å². The van der Waals surface area contributed by atoms with Crippen LogP contribution in [0.3, 0.4) is 0 Å². The van der Waals surface area contributed by atoms with Gasteiger partial charge in [0.2, 0.25) is 0 Å². The fraction of sp³-hybridized carbons (Fsp3) is 0.300. The number of hydrogen-bond donors (Lipinski definition) is 3. The average molecular weight is 212 g/mol. The summed E-state index contributed by atoms with van der Waals surface area (Å²) >= 11 is 0. The van der Waals surface area contributed by atoms with E-state index >= 15 is 0 Å². The van der Waals surface area contributed by atoms with Gasteiger partial charge in [-0.25, -0.2) is 4.39 Å². The maximum absolute atomic E-state index is 13.2. The van der Waals surface area contributed by atoms with Gasteiger partial charge in [-0.1, -0.05) is 12.1 Å². The Morgan fingerprint density at radius 2 is 1.87 bits per heavy atom. The molecule has 0 aromatic heterocycles. The Morgan fingerprint density at radius 3 is 2.33 bits per heavy atom. The second-order valence-electron chi connectivity index (χ2n) is 3.25. The highest BCUT2D eigenvalue weighted by Gasteiger charge is 2.34. The van der Waals surface area contributed by atoms with E-state index in [0.29, 0.717) is 0 Å². The molecule has 0 spiro atoms. The number of ketones is 1. The molecule has 5 heteroatoms. The van der Waals surface area contributed by atoms with Crippen LogP contribution in [0, 0.1) is 5.82 Å². The van der Waals surface area contributed by atoms with Gasteiger partial charge < -0.3 is 16.6 Å². The fourth-order valence-corrected chi connectivity index (χ4v) is 1.16. The quantitative estimate of drug-likeness (QED) is 0.595. The Kier molecular flexibility index (Phi) is 3.52. The van der Waals surface area contributed by atoms with E-state index in [-0.39, 0.29) is 18.7 Å². The number of Topliss-reactive ketones (excluding diaryl/α,β-unsaturated/α-hetero) is 1. The van der Waals surface area contributed by atoms with E-state index in [4.69, 9.17) is 11.5 Å². The Hall–Kier alpha value is -1.30. The van der Waals surface area contributed by atoms with Crippen LogP contribution in [-0.2, 0) is 0 Å². The molecule has 5 N–H and O–H groups in total. The molecule has 0 saturated heterocycles. The molecule has 0 aliphatic rings. The van der Waals surface area contributed by atoms with Crippen LogP contribution < -0.4 is 11.5 Å². The second kappa shape index (κ2) is 4.48. The molecule has 0 atom stereocenters. The van der Waals surface area contributed by atoms with E-state index < -0.39 is 17.2 Å². The van der Waals surface area contributed by atoms with Crippen molar-refractivity contribution in [3.05, 3.63) is 35.6 Å². The molecule has 0 fully saturated rings. The van der Waals surface area contributed by atoms with E-state index in [9.17, 15) is 14.3 Å². The number of benzene rings is 1. The number of nitrogens with two attached hydrogens (primary N) is 2. The maximum atomic E-state index is 13.2. The summed E-state index contributed by atoms with van der Waals surface area (Å²) in [5.41, 5.74) is 8.38. The first-order valence-electron chi connectivity index (χ1n) is 4.47. The third-order valence-electron chi connectivity index (χ3n) is 2.22. The lowest BCUT2D eigenvalue weighted by atomic mass is 9.93. The molecule has 1 rings (SSSR count). The minimum atomic E-state index is -1.89. The van der Waals surface area contributed by atoms with E-state index in [1.54, 1.807) is 0 Å². The first-order chi connectivity index (χ1) is 7.05. The molecule has 0 saturated carbocycles. The number of halogens is 1. The summed E-state index contributed by atoms with van der Waals surface area (Å²) in [7, 11) is 0. The van der Waals surface area contributed by atoms with Gasteiger partial charge in [0, 0.05) is 13.1 Å². The maximum Gasteiger partial charge on any atom is 0.199 e. The van der Waals surface area contributed by atoms with Gasteiger partial charge in [0.05, 0.1) is 5.56 Å². The lowest BCUT2D eigenvalue weighted by Crippen LogP contribution is -2.51. The lowest BCUT2D eigenvalue weighted by Gasteiger charge is -2.22. The van der Waals surface area contributed by atoms with E-state index in [2.05, 4.69) is 0 Å². The van der Waals surface area contributed by atoms with Crippen LogP contribution in [-0.4, -0.2) is 29.6 Å². The summed E-state index contributed by atoms with van der Waals surface area (Å²) in [6.45, 7) is -0.673. The first kappa shape index (κ1) is 11.8. The molecule has 4 nitrogen and oxygen atoms in total. The highest BCUT2D eigenvalue weighted by molar-refractivity contribution is 6.02. The third-order valence-corrected chi connectivity index (χ3v) is 2.22. The van der Waals surface area contributed by atoms with Gasteiger partial charge in [0.1, 0.15) is 5.82 Å². The zero-order valence-electron chi connectivity index (χ0n) is 8.11. The van der Waals surface area contributed by atoms with Crippen molar-refractivity contribution < 1.29 is 14.3 Å². The van der Waals surface area contributed by atoms with Crippen LogP contribution >= 0.6 is 0 Å². The smallest absolute Gasteiger partial charge is 0.199 e. The lowest BCUT2D eigenvalue weighted by molar-refractivity contribution is 0.0398. The molecule has 0 bridgehead atoms. The van der Waals surface area contributed by atoms with Crippen LogP contribution in [0.2, 0.25) is 0 Å². The molecule has 0 radical (unpaired) electrons. The Bertz CT molecular complexity index is 364. The van der Waals surface area contributed by atoms with Crippen molar-refractivity contribution in [2.45, 2.75) is 5.60 Å². The Morgan fingerprint density at radius 1 is 1.33 bits per heavy atom. The van der Waals surface area contributed by atoms with Gasteiger partial charge in [0.15, 0.2) is 11.4 Å². The second-order valence-corrected chi connectivity index (χ2v) is 3.25. The standard InChI is InChI=1S/C10H13FN2O2/c11-8-4-2-1-3-7(8)9(14)10(15,5-12)6-13/h1-4,15H,5-6,12-13H2. The number of carbonyl (C=O) groups is 1. The minimum Gasteiger partial charge on any atom is -0.379 e. The normalized spacial score (nSPS) is 11.5. The summed E-state index contributed by atoms with van der Waals surface area (Å²) in [6, 6.07) is 5.38. The Labute approximate surface area is 86.7 Å². The molecular weight excluding hydrogens is 199 g/mol. The van der Waals surface area contributed by atoms with E-state index in [1.165, 1.54) is 18.2 Å². The SMILES string of the molecule is NCC(O)(CN)C(=O)c1ccccc1F. The van der Waals surface area contributed by atoms with Crippen molar-refractivity contribution in [1.29, 1.82) is 0 Å². The van der Waals surface area contributed by atoms with Crippen LogP contribution in [0.1, 0.15) is 10.4 Å². The number of carbonyl (C=O) groups excluding carboxylic acids is 1. The van der Waals surface area contributed by atoms with Gasteiger partial charge in [-0.3, -0.25) is 4.79 Å². The molecule has 1 aromatic rings. The summed E-state index contributed by atoms with van der Waals surface area (Å²) in [4.78, 5) is 11.7. The molecule has 1 aromatic carbocycles. The summed E-state index contributed by atoms with van der Waals surface area (Å²) < 4.78 is 13.2. The molecule has 0 heterocycles. The summed E-state index contributed by atoms with van der Waals surface area (Å²) in [5.74, 6) is -1.48. The molecule has 0 aliphatic heterocycles. The fourth-order valence-electron chi connectivity index (χ4n) is 1.16. The van der Waals surface area contributed by atoms with Crippen LogP contribution in [0.25, 0.3) is 0 Å². The summed E-state index contributed by atoms with van der Waals surface area (Å²) in [6.07, 6.45) is 0. The molecule has 0 aliphatic carbocycles. The zero-order chi connectivity index (χ0) is 11.5. The van der Waals surface area contributed by atoms with Gasteiger partial charge in [-0.05, 0) is 12.1 Å². The van der Waals surface area contributed by atoms with Crippen molar-refractivity contribution in [2.24, 2.45) is 11.5 Å². The zero-order valence-corrected chi connectivity index (χ0v) is 8.11. The highest BCUT2D eigenvalue weighted by Crippen LogP contribution is 2.14. The largest absolute Gasteiger partial charge is 0.379 e. The van der Waals surface area contributed by atoms with Crippen molar-refractivity contribution in [3.8, 4) is 0 Å². The monoisotopic (exact) mass is 212 g/mol. The first-order valence-corrected chi connectivity index (χ1v) is 4.47. The third kappa shape index (κ3) is 2.20. The Balaban J connectivity index is 3.09. The number of aliphatic hydroxyl groups is 1. The van der Waals surface area contributed by atoms with Crippen molar-refractivity contribution in [2.75, 3.05) is 13.1 Å². The highest BCUT2D eigenvalue weighted by atomic mass is 19.1. The van der Waals surface area contributed by atoms with Crippen molar-refractivity contribution >= 4 is 5.78 Å². The van der Waals surface area contributed by atoms with Gasteiger partial charge in [-0.15, -0.1) is 0 Å². The average Bonchev–Trinajstić information content (AvgIpc) is 2.28. The van der Waals surface area contributed by atoms with Gasteiger partial charge >= 0.3 is 0 Å². The number of rotatable bonds is 4. The van der Waals surface area contributed by atoms with Crippen LogP contribution in [0.5, 0.6) is 0 Å². The van der Waals surface area contributed by atoms with Gasteiger partial charge in [0.25, 0.3) is 0 Å². The van der Waals surface area contributed by atoms with E-state index in [1.807, 2.05) is 0 Å². The van der Waals surface area contributed by atoms with Crippen molar-refractivity contribution in [3.63, 3.8) is 0 Å². The predicted octanol–water partition coefficient (Wildman–Crippen LogP) is -0.343. The van der Waals surface area contributed by atoms with E-state index in [0.717, 1.165) is 6.07 Å². The summed E-state index contributed by atoms with van der Waals surface area (Å²) in [5, 5.41) is 9.71. The number of hydrogen-bond acceptors (Lipinski definition) is 4. The molecular formula is C10H13FN2O2. The van der Waals surface area contributed by atoms with Crippen LogP contribution in [0.15, 0.2) is 24.3 Å². The topological polar surface area (TPSA) is 89.3 Å². The minimum absolute atomic E-state index is 0.198. The predicted molar refractivity (Wildman–Crippen MR) is 53.8 cm³/mol. The molecule has 82 valence electrons. The van der Waals surface area contributed by atoms with Gasteiger partial charge in [-0.2, -0.15) is 0 Å². The molecule has 15 heavy (non-hydrogen) atoms. The molecule has 0 unspecified atom stereocenters. The molecule has 0 amide bonds. The van der Waals surface area contributed by atoms with Crippen LogP contribution in [0.4, 0.5) is 4.39 Å².